The first-order chi connectivity index (χ1) is 8.08. The number of aliphatic hydroxyl groups excluding tert-OH is 1. The van der Waals surface area contributed by atoms with Crippen LogP contribution in [0.15, 0.2) is 18.3 Å². The predicted octanol–water partition coefficient (Wildman–Crippen LogP) is 0.413. The van der Waals surface area contributed by atoms with E-state index in [0.717, 1.165) is 24.5 Å². The molecule has 1 atom stereocenters. The number of piperazine rings is 1. The minimum atomic E-state index is -0.509. The molecule has 1 amide bonds. The van der Waals surface area contributed by atoms with Crippen molar-refractivity contribution >= 4 is 11.7 Å². The number of hydrogen-bond acceptors (Lipinski definition) is 4. The smallest absolute Gasteiger partial charge is 0.241 e. The van der Waals surface area contributed by atoms with Gasteiger partial charge in [0.1, 0.15) is 5.82 Å². The standard InChI is InChI=1S/C12H17N3O2/c1-9(16)10-3-4-11(13-7-10)15-6-5-14(2)12(17)8-15/h3-4,7,9,16H,5-6,8H2,1-2H3. The minimum absolute atomic E-state index is 0.109. The number of carbonyl (C=O) groups is 1. The molecule has 1 aliphatic rings. The molecule has 2 heterocycles. The highest BCUT2D eigenvalue weighted by molar-refractivity contribution is 5.82. The Morgan fingerprint density at radius 1 is 1.41 bits per heavy atom. The Kier molecular flexibility index (Phi) is 3.28. The van der Waals surface area contributed by atoms with Gasteiger partial charge >= 0.3 is 0 Å². The molecule has 1 aliphatic heterocycles. The molecule has 1 fully saturated rings. The van der Waals surface area contributed by atoms with Crippen LogP contribution in [0.3, 0.4) is 0 Å². The molecule has 92 valence electrons. The van der Waals surface area contributed by atoms with Gasteiger partial charge in [-0.3, -0.25) is 4.79 Å². The zero-order valence-corrected chi connectivity index (χ0v) is 10.1. The average molecular weight is 235 g/mol. The Morgan fingerprint density at radius 2 is 2.18 bits per heavy atom. The molecule has 0 saturated carbocycles. The van der Waals surface area contributed by atoms with Crippen LogP contribution in [0, 0.1) is 0 Å². The van der Waals surface area contributed by atoms with E-state index in [1.54, 1.807) is 18.0 Å². The summed E-state index contributed by atoms with van der Waals surface area (Å²) >= 11 is 0. The van der Waals surface area contributed by atoms with Gasteiger partial charge in [-0.25, -0.2) is 4.98 Å². The quantitative estimate of drug-likeness (QED) is 0.807. The van der Waals surface area contributed by atoms with Crippen LogP contribution in [-0.2, 0) is 4.79 Å². The van der Waals surface area contributed by atoms with Crippen LogP contribution >= 0.6 is 0 Å². The van der Waals surface area contributed by atoms with E-state index < -0.39 is 6.10 Å². The van der Waals surface area contributed by atoms with Crippen LogP contribution < -0.4 is 4.90 Å². The van der Waals surface area contributed by atoms with E-state index in [9.17, 15) is 9.90 Å². The summed E-state index contributed by atoms with van der Waals surface area (Å²) in [6.07, 6.45) is 1.15. The van der Waals surface area contributed by atoms with Crippen LogP contribution in [0.25, 0.3) is 0 Å². The van der Waals surface area contributed by atoms with E-state index in [-0.39, 0.29) is 5.91 Å². The highest BCUT2D eigenvalue weighted by Gasteiger charge is 2.21. The van der Waals surface area contributed by atoms with Gasteiger partial charge in [0, 0.05) is 26.3 Å². The lowest BCUT2D eigenvalue weighted by atomic mass is 10.2. The molecular weight excluding hydrogens is 218 g/mol. The molecule has 1 saturated heterocycles. The van der Waals surface area contributed by atoms with E-state index in [1.165, 1.54) is 0 Å². The predicted molar refractivity (Wildman–Crippen MR) is 64.7 cm³/mol. The average Bonchev–Trinajstić information content (AvgIpc) is 2.33. The molecule has 1 N–H and O–H groups in total. The van der Waals surface area contributed by atoms with E-state index >= 15 is 0 Å². The summed E-state index contributed by atoms with van der Waals surface area (Å²) in [7, 11) is 1.81. The van der Waals surface area contributed by atoms with E-state index in [2.05, 4.69) is 4.98 Å². The third-order valence-electron chi connectivity index (χ3n) is 3.03. The van der Waals surface area contributed by atoms with Crippen molar-refractivity contribution in [3.05, 3.63) is 23.9 Å². The van der Waals surface area contributed by atoms with Gasteiger partial charge in [0.25, 0.3) is 0 Å². The third-order valence-corrected chi connectivity index (χ3v) is 3.03. The monoisotopic (exact) mass is 235 g/mol. The maximum atomic E-state index is 11.6. The van der Waals surface area contributed by atoms with Gasteiger partial charge in [-0.1, -0.05) is 6.07 Å². The molecule has 5 nitrogen and oxygen atoms in total. The van der Waals surface area contributed by atoms with Crippen LogP contribution in [0.2, 0.25) is 0 Å². The first kappa shape index (κ1) is 11.9. The minimum Gasteiger partial charge on any atom is -0.389 e. The number of anilines is 1. The molecule has 17 heavy (non-hydrogen) atoms. The Bertz CT molecular complexity index is 403. The molecule has 1 aromatic heterocycles. The summed E-state index contributed by atoms with van der Waals surface area (Å²) in [5.74, 6) is 0.897. The van der Waals surface area contributed by atoms with Gasteiger partial charge in [0.15, 0.2) is 0 Å². The van der Waals surface area contributed by atoms with Gasteiger partial charge in [-0.05, 0) is 18.6 Å². The number of rotatable bonds is 2. The molecule has 0 radical (unpaired) electrons. The van der Waals surface area contributed by atoms with Crippen molar-refractivity contribution in [3.63, 3.8) is 0 Å². The van der Waals surface area contributed by atoms with E-state index in [4.69, 9.17) is 0 Å². The van der Waals surface area contributed by atoms with Crippen LogP contribution in [0.4, 0.5) is 5.82 Å². The zero-order valence-electron chi connectivity index (χ0n) is 10.1. The van der Waals surface area contributed by atoms with Crippen LogP contribution in [-0.4, -0.2) is 47.6 Å². The molecular formula is C12H17N3O2. The largest absolute Gasteiger partial charge is 0.389 e. The maximum Gasteiger partial charge on any atom is 0.241 e. The lowest BCUT2D eigenvalue weighted by Crippen LogP contribution is -2.48. The number of pyridine rings is 1. The lowest BCUT2D eigenvalue weighted by Gasteiger charge is -2.32. The second kappa shape index (κ2) is 4.71. The summed E-state index contributed by atoms with van der Waals surface area (Å²) < 4.78 is 0. The normalized spacial score (nSPS) is 18.4. The topological polar surface area (TPSA) is 56.7 Å². The fourth-order valence-corrected chi connectivity index (χ4v) is 1.79. The van der Waals surface area contributed by atoms with E-state index in [0.29, 0.717) is 6.54 Å². The van der Waals surface area contributed by atoms with Crippen molar-refractivity contribution in [2.45, 2.75) is 13.0 Å². The van der Waals surface area contributed by atoms with Gasteiger partial charge in [-0.2, -0.15) is 0 Å². The van der Waals surface area contributed by atoms with Gasteiger partial charge < -0.3 is 14.9 Å². The Hall–Kier alpha value is -1.62. The molecule has 5 heteroatoms. The third kappa shape index (κ3) is 2.55. The molecule has 1 aromatic rings. The summed E-state index contributed by atoms with van der Waals surface area (Å²) in [4.78, 5) is 19.5. The number of amides is 1. The fraction of sp³-hybridized carbons (Fsp3) is 0.500. The number of carbonyl (C=O) groups excluding carboxylic acids is 1. The van der Waals surface area contributed by atoms with Gasteiger partial charge in [0.2, 0.25) is 5.91 Å². The van der Waals surface area contributed by atoms with E-state index in [1.807, 2.05) is 24.1 Å². The number of likely N-dealkylation sites (N-methyl/N-ethyl adjacent to an activating group) is 1. The molecule has 0 bridgehead atoms. The number of aliphatic hydroxyl groups is 1. The fourth-order valence-electron chi connectivity index (χ4n) is 1.79. The maximum absolute atomic E-state index is 11.6. The summed E-state index contributed by atoms with van der Waals surface area (Å²) in [5.41, 5.74) is 0.786. The summed E-state index contributed by atoms with van der Waals surface area (Å²) in [5, 5.41) is 9.39. The molecule has 0 aliphatic carbocycles. The van der Waals surface area contributed by atoms with Crippen molar-refractivity contribution < 1.29 is 9.90 Å². The first-order valence-electron chi connectivity index (χ1n) is 5.71. The lowest BCUT2D eigenvalue weighted by molar-refractivity contribution is -0.129. The SMILES string of the molecule is CC(O)c1ccc(N2CCN(C)C(=O)C2)nc1. The molecule has 1 unspecified atom stereocenters. The Labute approximate surface area is 101 Å². The second-order valence-corrected chi connectivity index (χ2v) is 4.36. The van der Waals surface area contributed by atoms with Gasteiger partial charge in [-0.15, -0.1) is 0 Å². The number of aromatic nitrogens is 1. The molecule has 2 rings (SSSR count). The summed E-state index contributed by atoms with van der Waals surface area (Å²) in [6.45, 7) is 3.59. The van der Waals surface area contributed by atoms with Crippen LogP contribution in [0.1, 0.15) is 18.6 Å². The number of nitrogens with zero attached hydrogens (tertiary/aromatic N) is 3. The Morgan fingerprint density at radius 3 is 2.71 bits per heavy atom. The highest BCUT2D eigenvalue weighted by atomic mass is 16.3. The summed E-state index contributed by atoms with van der Waals surface area (Å²) in [6, 6.07) is 3.69. The highest BCUT2D eigenvalue weighted by Crippen LogP contribution is 2.17. The number of hydrogen-bond donors (Lipinski definition) is 1. The van der Waals surface area contributed by atoms with Crippen LogP contribution in [0.5, 0.6) is 0 Å². The Balaban J connectivity index is 2.10. The molecule has 0 spiro atoms. The van der Waals surface area contributed by atoms with Crippen molar-refractivity contribution in [1.29, 1.82) is 0 Å². The van der Waals surface area contributed by atoms with Crippen molar-refractivity contribution in [2.75, 3.05) is 31.6 Å². The van der Waals surface area contributed by atoms with Gasteiger partial charge in [0.05, 0.1) is 12.6 Å². The van der Waals surface area contributed by atoms with Crippen molar-refractivity contribution in [2.24, 2.45) is 0 Å². The molecule has 0 aromatic carbocycles. The van der Waals surface area contributed by atoms with Crippen molar-refractivity contribution in [1.82, 2.24) is 9.88 Å². The first-order valence-corrected chi connectivity index (χ1v) is 5.71. The second-order valence-electron chi connectivity index (χ2n) is 4.36. The zero-order chi connectivity index (χ0) is 12.4. The van der Waals surface area contributed by atoms with Crippen molar-refractivity contribution in [3.8, 4) is 0 Å².